The minimum atomic E-state index is -0.152. The van der Waals surface area contributed by atoms with Crippen molar-refractivity contribution < 1.29 is 4.39 Å². The van der Waals surface area contributed by atoms with Crippen molar-refractivity contribution in [3.8, 4) is 0 Å². The quantitative estimate of drug-likeness (QED) is 0.655. The minimum Gasteiger partial charge on any atom is -0.271 e. The fourth-order valence-corrected chi connectivity index (χ4v) is 6.05. The van der Waals surface area contributed by atoms with Crippen LogP contribution in [0.15, 0.2) is 18.2 Å². The molecular formula is C18H25FN2. The molecule has 1 aromatic carbocycles. The second-order valence-corrected chi connectivity index (χ2v) is 7.88. The van der Waals surface area contributed by atoms with Gasteiger partial charge in [0.05, 0.1) is 6.04 Å². The number of nitrogens with two attached hydrogens (primary N) is 1. The Morgan fingerprint density at radius 1 is 1.14 bits per heavy atom. The van der Waals surface area contributed by atoms with E-state index < -0.39 is 0 Å². The van der Waals surface area contributed by atoms with Crippen molar-refractivity contribution in [3.05, 3.63) is 35.1 Å². The summed E-state index contributed by atoms with van der Waals surface area (Å²) in [4.78, 5) is 0. The largest absolute Gasteiger partial charge is 0.271 e. The molecule has 21 heavy (non-hydrogen) atoms. The summed E-state index contributed by atoms with van der Waals surface area (Å²) in [6.45, 7) is 2.07. The van der Waals surface area contributed by atoms with E-state index in [0.29, 0.717) is 0 Å². The Morgan fingerprint density at radius 2 is 1.71 bits per heavy atom. The molecule has 3 heteroatoms. The second kappa shape index (κ2) is 4.79. The molecule has 0 aliphatic heterocycles. The summed E-state index contributed by atoms with van der Waals surface area (Å²) in [6.07, 6.45) is 8.05. The predicted molar refractivity (Wildman–Crippen MR) is 81.8 cm³/mol. The lowest BCUT2D eigenvalue weighted by atomic mass is 9.47. The second-order valence-electron chi connectivity index (χ2n) is 7.88. The van der Waals surface area contributed by atoms with Gasteiger partial charge in [0.1, 0.15) is 5.82 Å². The van der Waals surface area contributed by atoms with Gasteiger partial charge in [-0.1, -0.05) is 6.07 Å². The van der Waals surface area contributed by atoms with E-state index in [1.807, 2.05) is 6.07 Å². The molecule has 4 bridgehead atoms. The molecule has 1 atom stereocenters. The summed E-state index contributed by atoms with van der Waals surface area (Å²) in [5, 5.41) is 0. The summed E-state index contributed by atoms with van der Waals surface area (Å²) in [5.41, 5.74) is 5.55. The van der Waals surface area contributed by atoms with Crippen LogP contribution in [0.5, 0.6) is 0 Å². The van der Waals surface area contributed by atoms with E-state index in [-0.39, 0.29) is 17.3 Å². The molecule has 0 amide bonds. The summed E-state index contributed by atoms with van der Waals surface area (Å²) in [7, 11) is 0. The molecule has 0 heterocycles. The van der Waals surface area contributed by atoms with E-state index >= 15 is 0 Å². The van der Waals surface area contributed by atoms with Crippen LogP contribution in [0.1, 0.15) is 55.7 Å². The molecule has 114 valence electrons. The number of halogens is 1. The van der Waals surface area contributed by atoms with Crippen LogP contribution in [0.4, 0.5) is 4.39 Å². The predicted octanol–water partition coefficient (Wildman–Crippen LogP) is 3.85. The van der Waals surface area contributed by atoms with Crippen LogP contribution in [0.25, 0.3) is 0 Å². The number of aryl methyl sites for hydroxylation is 1. The van der Waals surface area contributed by atoms with Crippen LogP contribution in [-0.4, -0.2) is 0 Å². The number of hydrogen-bond acceptors (Lipinski definition) is 2. The molecule has 5 rings (SSSR count). The first-order valence-corrected chi connectivity index (χ1v) is 8.32. The first kappa shape index (κ1) is 13.7. The fourth-order valence-electron chi connectivity index (χ4n) is 6.05. The van der Waals surface area contributed by atoms with Crippen molar-refractivity contribution in [1.82, 2.24) is 5.43 Å². The number of hydrogen-bond donors (Lipinski definition) is 2. The minimum absolute atomic E-state index is 0.0987. The molecule has 4 aliphatic carbocycles. The number of nitrogens with one attached hydrogen (secondary N) is 1. The van der Waals surface area contributed by atoms with Crippen molar-refractivity contribution in [2.75, 3.05) is 0 Å². The number of hydrazine groups is 1. The summed E-state index contributed by atoms with van der Waals surface area (Å²) in [6, 6.07) is 5.22. The Balaban J connectivity index is 1.74. The molecule has 1 unspecified atom stereocenters. The van der Waals surface area contributed by atoms with Gasteiger partial charge in [-0.2, -0.15) is 0 Å². The van der Waals surface area contributed by atoms with Crippen molar-refractivity contribution in [1.29, 1.82) is 0 Å². The first-order chi connectivity index (χ1) is 10.1. The third kappa shape index (κ3) is 2.13. The van der Waals surface area contributed by atoms with Crippen LogP contribution < -0.4 is 11.3 Å². The molecule has 4 fully saturated rings. The van der Waals surface area contributed by atoms with Gasteiger partial charge in [-0.25, -0.2) is 4.39 Å². The summed E-state index contributed by atoms with van der Waals surface area (Å²) < 4.78 is 13.7. The smallest absolute Gasteiger partial charge is 0.123 e. The zero-order valence-corrected chi connectivity index (χ0v) is 12.7. The Kier molecular flexibility index (Phi) is 3.13. The molecule has 0 aromatic heterocycles. The van der Waals surface area contributed by atoms with E-state index in [1.165, 1.54) is 38.5 Å². The van der Waals surface area contributed by atoms with Gasteiger partial charge in [0.25, 0.3) is 0 Å². The number of benzene rings is 1. The van der Waals surface area contributed by atoms with Crippen LogP contribution in [-0.2, 0) is 0 Å². The Morgan fingerprint density at radius 3 is 2.24 bits per heavy atom. The lowest BCUT2D eigenvalue weighted by Gasteiger charge is -2.59. The van der Waals surface area contributed by atoms with Crippen LogP contribution in [0, 0.1) is 35.9 Å². The normalized spacial score (nSPS) is 38.7. The average molecular weight is 288 g/mol. The number of rotatable bonds is 3. The SMILES string of the molecule is Cc1ccc(F)cc1C(NN)C12CC3CC(CC(C3)C1)C2. The van der Waals surface area contributed by atoms with Gasteiger partial charge in [0, 0.05) is 0 Å². The van der Waals surface area contributed by atoms with Crippen molar-refractivity contribution in [3.63, 3.8) is 0 Å². The van der Waals surface area contributed by atoms with E-state index in [2.05, 4.69) is 12.3 Å². The molecule has 1 aromatic rings. The van der Waals surface area contributed by atoms with Gasteiger partial charge in [-0.15, -0.1) is 0 Å². The lowest BCUT2D eigenvalue weighted by Crippen LogP contribution is -2.53. The third-order valence-electron chi connectivity index (χ3n) is 6.42. The van der Waals surface area contributed by atoms with Crippen LogP contribution >= 0.6 is 0 Å². The van der Waals surface area contributed by atoms with Crippen LogP contribution in [0.3, 0.4) is 0 Å². The third-order valence-corrected chi connectivity index (χ3v) is 6.42. The molecule has 0 spiro atoms. The highest BCUT2D eigenvalue weighted by molar-refractivity contribution is 5.32. The van der Waals surface area contributed by atoms with Gasteiger partial charge in [-0.3, -0.25) is 11.3 Å². The van der Waals surface area contributed by atoms with Gasteiger partial charge in [-0.05, 0) is 91.9 Å². The highest BCUT2D eigenvalue weighted by Gasteiger charge is 2.54. The Hall–Kier alpha value is -0.930. The maximum Gasteiger partial charge on any atom is 0.123 e. The molecular weight excluding hydrogens is 263 g/mol. The standard InChI is InChI=1S/C18H25FN2/c1-11-2-3-15(19)7-16(11)17(21-20)18-8-12-4-13(9-18)6-14(5-12)10-18/h2-3,7,12-14,17,21H,4-6,8-10,20H2,1H3. The first-order valence-electron chi connectivity index (χ1n) is 8.32. The summed E-state index contributed by atoms with van der Waals surface area (Å²) in [5.74, 6) is 8.45. The maximum absolute atomic E-state index is 13.7. The van der Waals surface area contributed by atoms with E-state index in [9.17, 15) is 4.39 Å². The van der Waals surface area contributed by atoms with E-state index in [4.69, 9.17) is 5.84 Å². The molecule has 0 saturated heterocycles. The lowest BCUT2D eigenvalue weighted by molar-refractivity contribution is -0.0750. The Labute approximate surface area is 126 Å². The highest BCUT2D eigenvalue weighted by atomic mass is 19.1. The molecule has 3 N–H and O–H groups in total. The fraction of sp³-hybridized carbons (Fsp3) is 0.667. The van der Waals surface area contributed by atoms with Gasteiger partial charge in [0.15, 0.2) is 0 Å². The molecule has 4 aliphatic rings. The van der Waals surface area contributed by atoms with Crippen LogP contribution in [0.2, 0.25) is 0 Å². The molecule has 0 radical (unpaired) electrons. The van der Waals surface area contributed by atoms with E-state index in [1.54, 1.807) is 12.1 Å². The average Bonchev–Trinajstić information content (AvgIpc) is 2.41. The monoisotopic (exact) mass is 288 g/mol. The van der Waals surface area contributed by atoms with Crippen molar-refractivity contribution >= 4 is 0 Å². The van der Waals surface area contributed by atoms with Gasteiger partial charge < -0.3 is 0 Å². The van der Waals surface area contributed by atoms with Crippen molar-refractivity contribution in [2.24, 2.45) is 29.0 Å². The summed E-state index contributed by atoms with van der Waals surface area (Å²) >= 11 is 0. The zero-order valence-electron chi connectivity index (χ0n) is 12.7. The van der Waals surface area contributed by atoms with Gasteiger partial charge >= 0.3 is 0 Å². The zero-order chi connectivity index (χ0) is 14.6. The highest BCUT2D eigenvalue weighted by Crippen LogP contribution is 2.64. The maximum atomic E-state index is 13.7. The van der Waals surface area contributed by atoms with E-state index in [0.717, 1.165) is 28.9 Å². The molecule has 4 saturated carbocycles. The van der Waals surface area contributed by atoms with Crippen molar-refractivity contribution in [2.45, 2.75) is 51.5 Å². The topological polar surface area (TPSA) is 38.0 Å². The Bertz CT molecular complexity index is 519. The molecule has 2 nitrogen and oxygen atoms in total. The van der Waals surface area contributed by atoms with Gasteiger partial charge in [0.2, 0.25) is 0 Å².